The Kier molecular flexibility index (Phi) is 2.24. The summed E-state index contributed by atoms with van der Waals surface area (Å²) in [6.45, 7) is 0. The molecule has 1 aromatic carbocycles. The van der Waals surface area contributed by atoms with Crippen molar-refractivity contribution in [3.63, 3.8) is 0 Å². The van der Waals surface area contributed by atoms with E-state index in [2.05, 4.69) is 5.32 Å². The second kappa shape index (κ2) is 3.43. The maximum Gasteiger partial charge on any atom is 0.258 e. The minimum Gasteiger partial charge on any atom is -0.496 e. The van der Waals surface area contributed by atoms with Crippen molar-refractivity contribution in [1.29, 1.82) is 0 Å². The van der Waals surface area contributed by atoms with Gasteiger partial charge < -0.3 is 19.9 Å². The molecule has 1 heterocycles. The van der Waals surface area contributed by atoms with Crippen molar-refractivity contribution in [2.45, 2.75) is 6.10 Å². The van der Waals surface area contributed by atoms with Crippen molar-refractivity contribution in [3.8, 4) is 11.5 Å². The fourth-order valence-electron chi connectivity index (χ4n) is 1.65. The molecule has 1 amide bonds. The molecular formula is C10H11NO4. The Morgan fingerprint density at radius 1 is 1.27 bits per heavy atom. The third-order valence-electron chi connectivity index (χ3n) is 2.38. The van der Waals surface area contributed by atoms with Crippen molar-refractivity contribution in [1.82, 2.24) is 0 Å². The number of carbonyl (C=O) groups is 1. The minimum atomic E-state index is -1.19. The van der Waals surface area contributed by atoms with Crippen LogP contribution in [0.25, 0.3) is 0 Å². The maximum atomic E-state index is 11.3. The van der Waals surface area contributed by atoms with Crippen LogP contribution in [-0.4, -0.2) is 25.2 Å². The Labute approximate surface area is 86.6 Å². The summed E-state index contributed by atoms with van der Waals surface area (Å²) >= 11 is 0. The normalized spacial score (nSPS) is 18.3. The lowest BCUT2D eigenvalue weighted by molar-refractivity contribution is -0.123. The third-order valence-corrected chi connectivity index (χ3v) is 2.38. The minimum absolute atomic E-state index is 0.432. The Bertz CT molecular complexity index is 416. The number of aliphatic hydroxyl groups is 1. The van der Waals surface area contributed by atoms with Crippen LogP contribution in [0.15, 0.2) is 12.1 Å². The number of methoxy groups -OCH3 is 2. The molecule has 5 heteroatoms. The molecule has 80 valence electrons. The van der Waals surface area contributed by atoms with Crippen molar-refractivity contribution in [2.75, 3.05) is 19.5 Å². The van der Waals surface area contributed by atoms with Crippen LogP contribution < -0.4 is 14.8 Å². The Morgan fingerprint density at radius 3 is 2.47 bits per heavy atom. The molecule has 15 heavy (non-hydrogen) atoms. The molecule has 2 rings (SSSR count). The second-order valence-electron chi connectivity index (χ2n) is 3.15. The summed E-state index contributed by atoms with van der Waals surface area (Å²) in [5.74, 6) is 0.514. The van der Waals surface area contributed by atoms with Gasteiger partial charge in [-0.2, -0.15) is 0 Å². The highest BCUT2D eigenvalue weighted by Crippen LogP contribution is 2.43. The first-order valence-electron chi connectivity index (χ1n) is 4.43. The van der Waals surface area contributed by atoms with Crippen LogP contribution in [0.5, 0.6) is 11.5 Å². The predicted octanol–water partition coefficient (Wildman–Crippen LogP) is 0.689. The number of carbonyl (C=O) groups excluding carboxylic acids is 1. The fourth-order valence-corrected chi connectivity index (χ4v) is 1.65. The van der Waals surface area contributed by atoms with Crippen molar-refractivity contribution >= 4 is 11.6 Å². The van der Waals surface area contributed by atoms with E-state index in [0.29, 0.717) is 22.7 Å². The molecule has 1 aliphatic rings. The zero-order valence-electron chi connectivity index (χ0n) is 8.40. The quantitative estimate of drug-likeness (QED) is 0.752. The lowest BCUT2D eigenvalue weighted by Crippen LogP contribution is -2.11. The smallest absolute Gasteiger partial charge is 0.258 e. The zero-order chi connectivity index (χ0) is 11.0. The first-order chi connectivity index (χ1) is 7.19. The number of benzene rings is 1. The number of rotatable bonds is 2. The highest BCUT2D eigenvalue weighted by molar-refractivity contribution is 6.04. The summed E-state index contributed by atoms with van der Waals surface area (Å²) < 4.78 is 10.1. The highest BCUT2D eigenvalue weighted by atomic mass is 16.5. The van der Waals surface area contributed by atoms with E-state index in [1.165, 1.54) is 14.2 Å². The number of nitrogens with one attached hydrogen (secondary N) is 1. The van der Waals surface area contributed by atoms with Gasteiger partial charge in [0.25, 0.3) is 5.91 Å². The standard InChI is InChI=1S/C10H11NO4/c1-14-5-3-4-6(15-2)8-7(5)9(12)10(13)11-8/h3-4,9,12H,1-2H3,(H,11,13). The van der Waals surface area contributed by atoms with Gasteiger partial charge in [0.2, 0.25) is 0 Å². The number of hydrogen-bond donors (Lipinski definition) is 2. The molecule has 0 radical (unpaired) electrons. The number of hydrogen-bond acceptors (Lipinski definition) is 4. The first kappa shape index (κ1) is 9.79. The molecule has 0 spiro atoms. The van der Waals surface area contributed by atoms with Crippen molar-refractivity contribution < 1.29 is 19.4 Å². The van der Waals surface area contributed by atoms with E-state index in [1.54, 1.807) is 12.1 Å². The van der Waals surface area contributed by atoms with Crippen molar-refractivity contribution in [3.05, 3.63) is 17.7 Å². The molecule has 0 saturated carbocycles. The van der Waals surface area contributed by atoms with Gasteiger partial charge in [-0.3, -0.25) is 4.79 Å². The number of anilines is 1. The summed E-state index contributed by atoms with van der Waals surface area (Å²) in [6, 6.07) is 3.33. The molecule has 1 unspecified atom stereocenters. The van der Waals surface area contributed by atoms with Gasteiger partial charge in [-0.05, 0) is 12.1 Å². The lowest BCUT2D eigenvalue weighted by atomic mass is 10.1. The van der Waals surface area contributed by atoms with Gasteiger partial charge >= 0.3 is 0 Å². The zero-order valence-corrected chi connectivity index (χ0v) is 8.40. The van der Waals surface area contributed by atoms with Crippen LogP contribution in [0.1, 0.15) is 11.7 Å². The molecule has 0 aromatic heterocycles. The van der Waals surface area contributed by atoms with Gasteiger partial charge in [0, 0.05) is 0 Å². The number of aliphatic hydroxyl groups excluding tert-OH is 1. The number of fused-ring (bicyclic) bond motifs is 1. The molecule has 0 fully saturated rings. The molecule has 5 nitrogen and oxygen atoms in total. The molecule has 1 aliphatic heterocycles. The van der Waals surface area contributed by atoms with Crippen molar-refractivity contribution in [2.24, 2.45) is 0 Å². The van der Waals surface area contributed by atoms with E-state index < -0.39 is 12.0 Å². The topological polar surface area (TPSA) is 67.8 Å². The van der Waals surface area contributed by atoms with E-state index >= 15 is 0 Å². The second-order valence-corrected chi connectivity index (χ2v) is 3.15. The van der Waals surface area contributed by atoms with E-state index in [-0.39, 0.29) is 0 Å². The molecule has 0 saturated heterocycles. The van der Waals surface area contributed by atoms with E-state index in [9.17, 15) is 9.90 Å². The Balaban J connectivity index is 2.62. The summed E-state index contributed by atoms with van der Waals surface area (Å²) in [5, 5.41) is 12.2. The predicted molar refractivity (Wildman–Crippen MR) is 53.1 cm³/mol. The molecular weight excluding hydrogens is 198 g/mol. The molecule has 1 aromatic rings. The Morgan fingerprint density at radius 2 is 1.87 bits per heavy atom. The van der Waals surface area contributed by atoms with Gasteiger partial charge in [-0.1, -0.05) is 0 Å². The molecule has 1 atom stereocenters. The van der Waals surface area contributed by atoms with Crippen LogP contribution in [-0.2, 0) is 4.79 Å². The van der Waals surface area contributed by atoms with Gasteiger partial charge in [0.1, 0.15) is 11.5 Å². The van der Waals surface area contributed by atoms with Crippen LogP contribution in [0, 0.1) is 0 Å². The van der Waals surface area contributed by atoms with E-state index in [4.69, 9.17) is 9.47 Å². The third kappa shape index (κ3) is 1.32. The van der Waals surface area contributed by atoms with Crippen LogP contribution in [0.2, 0.25) is 0 Å². The van der Waals surface area contributed by atoms with Crippen LogP contribution in [0.3, 0.4) is 0 Å². The molecule has 0 aliphatic carbocycles. The van der Waals surface area contributed by atoms with Gasteiger partial charge in [0.15, 0.2) is 6.10 Å². The van der Waals surface area contributed by atoms with Crippen LogP contribution >= 0.6 is 0 Å². The van der Waals surface area contributed by atoms with Gasteiger partial charge in [0.05, 0.1) is 25.5 Å². The Hall–Kier alpha value is -1.75. The lowest BCUT2D eigenvalue weighted by Gasteiger charge is -2.10. The van der Waals surface area contributed by atoms with E-state index in [1.807, 2.05) is 0 Å². The summed E-state index contributed by atoms with van der Waals surface area (Å²) in [5.41, 5.74) is 0.913. The first-order valence-corrected chi connectivity index (χ1v) is 4.43. The molecule has 2 N–H and O–H groups in total. The SMILES string of the molecule is COc1ccc(OC)c2c1NC(=O)C2O. The summed E-state index contributed by atoms with van der Waals surface area (Å²) in [4.78, 5) is 11.3. The fraction of sp³-hybridized carbons (Fsp3) is 0.300. The maximum absolute atomic E-state index is 11.3. The summed E-state index contributed by atoms with van der Waals surface area (Å²) in [7, 11) is 2.98. The van der Waals surface area contributed by atoms with E-state index in [0.717, 1.165) is 0 Å². The largest absolute Gasteiger partial charge is 0.496 e. The van der Waals surface area contributed by atoms with Gasteiger partial charge in [-0.25, -0.2) is 0 Å². The number of amides is 1. The summed E-state index contributed by atoms with van der Waals surface area (Å²) in [6.07, 6.45) is -1.19. The highest BCUT2D eigenvalue weighted by Gasteiger charge is 2.34. The average molecular weight is 209 g/mol. The van der Waals surface area contributed by atoms with Crippen LogP contribution in [0.4, 0.5) is 5.69 Å². The average Bonchev–Trinajstić information content (AvgIpc) is 2.55. The number of ether oxygens (including phenoxy) is 2. The van der Waals surface area contributed by atoms with Gasteiger partial charge in [-0.15, -0.1) is 0 Å². The molecule has 0 bridgehead atoms. The monoisotopic (exact) mass is 209 g/mol.